The molecule has 0 spiro atoms. The topological polar surface area (TPSA) is 0 Å². The Labute approximate surface area is 87.0 Å². The van der Waals surface area contributed by atoms with E-state index in [1.165, 1.54) is 32.7 Å². The lowest BCUT2D eigenvalue weighted by Crippen LogP contribution is -2.32. The highest BCUT2D eigenvalue weighted by Gasteiger charge is 1.98. The van der Waals surface area contributed by atoms with Gasteiger partial charge in [0.1, 0.15) is 0 Å². The molecule has 0 aliphatic rings. The van der Waals surface area contributed by atoms with E-state index in [2.05, 4.69) is 53.7 Å². The minimum Gasteiger partial charge on any atom is -0.0683 e. The summed E-state index contributed by atoms with van der Waals surface area (Å²) in [5.41, 5.74) is 5.57. The van der Waals surface area contributed by atoms with Gasteiger partial charge in [-0.3, -0.25) is 0 Å². The van der Waals surface area contributed by atoms with Crippen molar-refractivity contribution in [3.63, 3.8) is 0 Å². The number of aryl methyl sites for hydroxylation is 2. The van der Waals surface area contributed by atoms with E-state index in [0.29, 0.717) is 0 Å². The third-order valence-corrected chi connectivity index (χ3v) is 2.62. The maximum Gasteiger partial charge on any atom is -0.0166 e. The Kier molecular flexibility index (Phi) is 3.15. The van der Waals surface area contributed by atoms with Crippen LogP contribution in [0.4, 0.5) is 0 Å². The molecule has 1 rings (SSSR count). The van der Waals surface area contributed by atoms with Crippen LogP contribution in [-0.4, -0.2) is 0 Å². The average Bonchev–Trinajstić information content (AvgIpc) is 2.07. The fraction of sp³-hybridized carbons (Fsp3) is 0.429. The smallest absolute Gasteiger partial charge is 0.0166 e. The largest absolute Gasteiger partial charge is 0.0683 e. The first-order valence-electron chi connectivity index (χ1n) is 5.16. The number of rotatable bonds is 0. The first-order chi connectivity index (χ1) is 6.45. The minimum atomic E-state index is 1.38. The van der Waals surface area contributed by atoms with Gasteiger partial charge in [-0.1, -0.05) is 23.3 Å². The van der Waals surface area contributed by atoms with Gasteiger partial charge in [-0.15, -0.1) is 0 Å². The molecule has 1 aromatic carbocycles. The Morgan fingerprint density at radius 2 is 1.00 bits per heavy atom. The fourth-order valence-corrected chi connectivity index (χ4v) is 2.10. The quantitative estimate of drug-likeness (QED) is 0.587. The van der Waals surface area contributed by atoms with Gasteiger partial charge in [-0.25, -0.2) is 0 Å². The molecular formula is C14H20. The normalized spacial score (nSPS) is 10.1. The van der Waals surface area contributed by atoms with Crippen molar-refractivity contribution >= 4 is 11.1 Å². The molecule has 0 aliphatic carbocycles. The van der Waals surface area contributed by atoms with Gasteiger partial charge in [0.15, 0.2) is 0 Å². The third kappa shape index (κ3) is 1.89. The van der Waals surface area contributed by atoms with Crippen molar-refractivity contribution in [3.8, 4) is 0 Å². The van der Waals surface area contributed by atoms with Crippen molar-refractivity contribution in [1.29, 1.82) is 0 Å². The van der Waals surface area contributed by atoms with Crippen LogP contribution in [0.25, 0.3) is 11.1 Å². The SMILES string of the molecule is CC(C)=c1c(C)ccc(C)c1=C(C)C. The Bertz CT molecular complexity index is 409. The molecule has 0 amide bonds. The molecule has 0 nitrogen and oxygen atoms in total. The molecule has 0 heteroatoms. The van der Waals surface area contributed by atoms with Crippen LogP contribution in [0.1, 0.15) is 38.8 Å². The van der Waals surface area contributed by atoms with Crippen molar-refractivity contribution in [2.45, 2.75) is 41.5 Å². The highest BCUT2D eigenvalue weighted by molar-refractivity contribution is 5.50. The predicted molar refractivity (Wildman–Crippen MR) is 64.7 cm³/mol. The van der Waals surface area contributed by atoms with Gasteiger partial charge in [-0.2, -0.15) is 0 Å². The Morgan fingerprint density at radius 3 is 1.21 bits per heavy atom. The maximum atomic E-state index is 2.21. The second-order valence-electron chi connectivity index (χ2n) is 4.45. The molecule has 0 radical (unpaired) electrons. The van der Waals surface area contributed by atoms with Crippen LogP contribution in [0.2, 0.25) is 0 Å². The second kappa shape index (κ2) is 4.00. The zero-order valence-corrected chi connectivity index (χ0v) is 10.2. The zero-order valence-electron chi connectivity index (χ0n) is 10.2. The Hall–Kier alpha value is -1.04. The Balaban J connectivity index is 4.01. The van der Waals surface area contributed by atoms with Crippen LogP contribution in [0.15, 0.2) is 12.1 Å². The van der Waals surface area contributed by atoms with Crippen LogP contribution in [0.3, 0.4) is 0 Å². The minimum absolute atomic E-state index is 1.38. The van der Waals surface area contributed by atoms with Crippen LogP contribution in [0, 0.1) is 13.8 Å². The van der Waals surface area contributed by atoms with Crippen LogP contribution < -0.4 is 10.4 Å². The average molecular weight is 188 g/mol. The molecule has 0 heterocycles. The van der Waals surface area contributed by atoms with E-state index < -0.39 is 0 Å². The van der Waals surface area contributed by atoms with Gasteiger partial charge in [0.05, 0.1) is 0 Å². The van der Waals surface area contributed by atoms with Gasteiger partial charge in [0.25, 0.3) is 0 Å². The monoisotopic (exact) mass is 188 g/mol. The summed E-state index contributed by atoms with van der Waals surface area (Å²) in [6.07, 6.45) is 0. The summed E-state index contributed by atoms with van der Waals surface area (Å²) >= 11 is 0. The van der Waals surface area contributed by atoms with Crippen molar-refractivity contribution in [1.82, 2.24) is 0 Å². The van der Waals surface area contributed by atoms with E-state index in [-0.39, 0.29) is 0 Å². The number of hydrogen-bond acceptors (Lipinski definition) is 0. The highest BCUT2D eigenvalue weighted by atomic mass is 14.0. The van der Waals surface area contributed by atoms with Crippen molar-refractivity contribution < 1.29 is 0 Å². The third-order valence-electron chi connectivity index (χ3n) is 2.62. The summed E-state index contributed by atoms with van der Waals surface area (Å²) in [7, 11) is 0. The van der Waals surface area contributed by atoms with E-state index in [1.807, 2.05) is 0 Å². The van der Waals surface area contributed by atoms with Gasteiger partial charge in [-0.05, 0) is 63.1 Å². The van der Waals surface area contributed by atoms with E-state index in [0.717, 1.165) is 0 Å². The summed E-state index contributed by atoms with van der Waals surface area (Å²) in [6, 6.07) is 4.42. The maximum absolute atomic E-state index is 2.21. The molecule has 0 atom stereocenters. The van der Waals surface area contributed by atoms with Crippen LogP contribution in [0.5, 0.6) is 0 Å². The molecule has 0 saturated heterocycles. The molecule has 0 unspecified atom stereocenters. The first-order valence-corrected chi connectivity index (χ1v) is 5.16. The highest BCUT2D eigenvalue weighted by Crippen LogP contribution is 1.96. The molecule has 0 saturated carbocycles. The number of hydrogen-bond donors (Lipinski definition) is 0. The lowest BCUT2D eigenvalue weighted by atomic mass is 10.0. The van der Waals surface area contributed by atoms with E-state index in [1.54, 1.807) is 0 Å². The fourth-order valence-electron chi connectivity index (χ4n) is 2.10. The van der Waals surface area contributed by atoms with E-state index in [9.17, 15) is 0 Å². The lowest BCUT2D eigenvalue weighted by Gasteiger charge is -2.05. The summed E-state index contributed by atoms with van der Waals surface area (Å²) < 4.78 is 0. The second-order valence-corrected chi connectivity index (χ2v) is 4.45. The molecular weight excluding hydrogens is 168 g/mol. The predicted octanol–water partition coefficient (Wildman–Crippen LogP) is 2.68. The first kappa shape index (κ1) is 11.0. The molecule has 0 fully saturated rings. The van der Waals surface area contributed by atoms with Crippen molar-refractivity contribution in [2.75, 3.05) is 0 Å². The molecule has 0 aromatic heterocycles. The Morgan fingerprint density at radius 1 is 0.714 bits per heavy atom. The van der Waals surface area contributed by atoms with Crippen LogP contribution >= 0.6 is 0 Å². The van der Waals surface area contributed by atoms with E-state index in [4.69, 9.17) is 0 Å². The molecule has 0 aliphatic heterocycles. The summed E-state index contributed by atoms with van der Waals surface area (Å²) in [6.45, 7) is 13.1. The van der Waals surface area contributed by atoms with Gasteiger partial charge in [0, 0.05) is 0 Å². The zero-order chi connectivity index (χ0) is 10.9. The molecule has 0 bridgehead atoms. The number of benzene rings is 1. The van der Waals surface area contributed by atoms with Crippen molar-refractivity contribution in [3.05, 3.63) is 33.7 Å². The molecule has 76 valence electrons. The molecule has 1 aromatic rings. The van der Waals surface area contributed by atoms with Gasteiger partial charge >= 0.3 is 0 Å². The summed E-state index contributed by atoms with van der Waals surface area (Å²) in [5.74, 6) is 0. The summed E-state index contributed by atoms with van der Waals surface area (Å²) in [4.78, 5) is 0. The summed E-state index contributed by atoms with van der Waals surface area (Å²) in [5, 5.41) is 2.87. The molecule has 0 N–H and O–H groups in total. The van der Waals surface area contributed by atoms with E-state index >= 15 is 0 Å². The molecule has 14 heavy (non-hydrogen) atoms. The van der Waals surface area contributed by atoms with Gasteiger partial charge < -0.3 is 0 Å². The van der Waals surface area contributed by atoms with Crippen molar-refractivity contribution in [2.24, 2.45) is 0 Å². The van der Waals surface area contributed by atoms with Crippen LogP contribution in [-0.2, 0) is 0 Å². The van der Waals surface area contributed by atoms with Gasteiger partial charge in [0.2, 0.25) is 0 Å². The lowest BCUT2D eigenvalue weighted by molar-refractivity contribution is 1.25. The standard InChI is InChI=1S/C14H20/c1-9(2)13-11(5)7-8-12(6)14(13)10(3)4/h7-8H,1-6H3.